The smallest absolute Gasteiger partial charge is 0.266 e. The summed E-state index contributed by atoms with van der Waals surface area (Å²) in [6.07, 6.45) is 7.58. The fourth-order valence-corrected chi connectivity index (χ4v) is 4.11. The Balaban J connectivity index is 1.60. The molecule has 156 valence electrons. The average Bonchev–Trinajstić information content (AvgIpc) is 3.47. The van der Waals surface area contributed by atoms with E-state index in [4.69, 9.17) is 4.74 Å². The molecule has 6 nitrogen and oxygen atoms in total. The molecule has 0 aliphatic heterocycles. The van der Waals surface area contributed by atoms with Gasteiger partial charge in [-0.2, -0.15) is 0 Å². The molecule has 2 aromatic heterocycles. The third-order valence-electron chi connectivity index (χ3n) is 5.26. The maximum absolute atomic E-state index is 13.2. The van der Waals surface area contributed by atoms with Gasteiger partial charge in [-0.25, -0.2) is 4.98 Å². The average molecular weight is 433 g/mol. The van der Waals surface area contributed by atoms with Crippen LogP contribution in [0.5, 0.6) is 17.2 Å². The van der Waals surface area contributed by atoms with Crippen LogP contribution in [0.25, 0.3) is 28.2 Å². The van der Waals surface area contributed by atoms with Gasteiger partial charge in [-0.15, -0.1) is 11.3 Å². The molecule has 0 bridgehead atoms. The third kappa shape index (κ3) is 3.92. The number of thiazole rings is 1. The Morgan fingerprint density at radius 3 is 2.71 bits per heavy atom. The monoisotopic (exact) mass is 432 g/mol. The van der Waals surface area contributed by atoms with Crippen molar-refractivity contribution in [2.24, 2.45) is 5.92 Å². The lowest BCUT2D eigenvalue weighted by Gasteiger charge is -2.11. The molecule has 5 rings (SSSR count). The Bertz CT molecular complexity index is 1330. The molecule has 1 aliphatic carbocycles. The van der Waals surface area contributed by atoms with Gasteiger partial charge in [-0.3, -0.25) is 9.20 Å². The second-order valence-corrected chi connectivity index (χ2v) is 8.44. The first-order valence-electron chi connectivity index (χ1n) is 10.0. The molecule has 2 heterocycles. The number of aromatic hydroxyl groups is 2. The van der Waals surface area contributed by atoms with Crippen LogP contribution in [-0.4, -0.2) is 26.2 Å². The summed E-state index contributed by atoms with van der Waals surface area (Å²) in [6, 6.07) is 11.7. The number of hydrogen-bond donors (Lipinski definition) is 2. The molecule has 1 fully saturated rings. The third-order valence-corrected chi connectivity index (χ3v) is 6.01. The fourth-order valence-electron chi connectivity index (χ4n) is 3.40. The number of phenolic OH excluding ortho intramolecular Hbond substituents is 2. The highest BCUT2D eigenvalue weighted by Gasteiger charge is 2.23. The number of benzene rings is 2. The van der Waals surface area contributed by atoms with Gasteiger partial charge in [0.1, 0.15) is 5.75 Å². The van der Waals surface area contributed by atoms with E-state index in [1.54, 1.807) is 54.7 Å². The summed E-state index contributed by atoms with van der Waals surface area (Å²) in [5.74, 6) is 1.21. The maximum atomic E-state index is 13.2. The molecular formula is C24H20N2O4S. The lowest BCUT2D eigenvalue weighted by atomic mass is 10.0. The van der Waals surface area contributed by atoms with E-state index in [0.29, 0.717) is 45.6 Å². The zero-order chi connectivity index (χ0) is 21.4. The summed E-state index contributed by atoms with van der Waals surface area (Å²) in [4.78, 5) is 18.4. The second kappa shape index (κ2) is 7.92. The van der Waals surface area contributed by atoms with Crippen LogP contribution in [-0.2, 0) is 0 Å². The first kappa shape index (κ1) is 19.4. The number of phenols is 2. The molecule has 0 atom stereocenters. The normalized spacial score (nSPS) is 13.8. The molecule has 0 spiro atoms. The lowest BCUT2D eigenvalue weighted by Crippen LogP contribution is -2.16. The summed E-state index contributed by atoms with van der Waals surface area (Å²) in [5, 5.41) is 21.7. The first-order chi connectivity index (χ1) is 15.1. The molecule has 7 heteroatoms. The van der Waals surface area contributed by atoms with Gasteiger partial charge in [-0.05, 0) is 54.7 Å². The number of ether oxygens (including phenoxy) is 1. The highest BCUT2D eigenvalue weighted by molar-refractivity contribution is 7.15. The Kier molecular flexibility index (Phi) is 4.95. The van der Waals surface area contributed by atoms with E-state index in [0.717, 1.165) is 12.8 Å². The van der Waals surface area contributed by atoms with Crippen LogP contribution in [0.3, 0.4) is 0 Å². The molecule has 4 aromatic rings. The predicted molar refractivity (Wildman–Crippen MR) is 122 cm³/mol. The Morgan fingerprint density at radius 1 is 1.13 bits per heavy atom. The van der Waals surface area contributed by atoms with E-state index < -0.39 is 0 Å². The van der Waals surface area contributed by atoms with Gasteiger partial charge in [0.25, 0.3) is 5.56 Å². The van der Waals surface area contributed by atoms with Gasteiger partial charge in [0, 0.05) is 17.1 Å². The molecule has 2 aromatic carbocycles. The van der Waals surface area contributed by atoms with Gasteiger partial charge in [0.15, 0.2) is 16.5 Å². The van der Waals surface area contributed by atoms with Crippen molar-refractivity contribution in [3.05, 3.63) is 75.7 Å². The predicted octanol–water partition coefficient (Wildman–Crippen LogP) is 4.79. The first-order valence-corrected chi connectivity index (χ1v) is 10.9. The number of nitrogens with zero attached hydrogens (tertiary/aromatic N) is 2. The SMILES string of the molecule is O=c1c(-c2ccc(O)cc2)c(/C=C/c2cccc(O)c2OCC2CC2)nc2sccn12. The van der Waals surface area contributed by atoms with Gasteiger partial charge >= 0.3 is 0 Å². The number of hydrogen-bond acceptors (Lipinski definition) is 6. The Labute approximate surface area is 182 Å². The van der Waals surface area contributed by atoms with Gasteiger partial charge in [0.05, 0.1) is 17.9 Å². The number of fused-ring (bicyclic) bond motifs is 1. The van der Waals surface area contributed by atoms with Crippen molar-refractivity contribution < 1.29 is 14.9 Å². The van der Waals surface area contributed by atoms with Crippen molar-refractivity contribution in [1.82, 2.24) is 9.38 Å². The van der Waals surface area contributed by atoms with Crippen LogP contribution in [0.4, 0.5) is 0 Å². The molecule has 1 aliphatic rings. The summed E-state index contributed by atoms with van der Waals surface area (Å²) in [6.45, 7) is 0.581. The van der Waals surface area contributed by atoms with Crippen molar-refractivity contribution in [2.75, 3.05) is 6.61 Å². The van der Waals surface area contributed by atoms with Crippen molar-refractivity contribution >= 4 is 28.4 Å². The van der Waals surface area contributed by atoms with E-state index in [9.17, 15) is 15.0 Å². The van der Waals surface area contributed by atoms with Gasteiger partial charge in [0.2, 0.25) is 0 Å². The minimum absolute atomic E-state index is 0.0864. The molecule has 0 radical (unpaired) electrons. The second-order valence-electron chi connectivity index (χ2n) is 7.56. The summed E-state index contributed by atoms with van der Waals surface area (Å²) in [7, 11) is 0. The summed E-state index contributed by atoms with van der Waals surface area (Å²) >= 11 is 1.38. The minimum atomic E-state index is -0.183. The van der Waals surface area contributed by atoms with Gasteiger partial charge in [-0.1, -0.05) is 24.3 Å². The Morgan fingerprint density at radius 2 is 1.94 bits per heavy atom. The molecule has 0 amide bonds. The van der Waals surface area contributed by atoms with Crippen LogP contribution < -0.4 is 10.3 Å². The van der Waals surface area contributed by atoms with E-state index in [1.807, 2.05) is 11.4 Å². The van der Waals surface area contributed by atoms with Crippen molar-refractivity contribution in [2.45, 2.75) is 12.8 Å². The van der Waals surface area contributed by atoms with Crippen molar-refractivity contribution in [3.63, 3.8) is 0 Å². The highest BCUT2D eigenvalue weighted by atomic mass is 32.1. The molecule has 2 N–H and O–H groups in total. The van der Waals surface area contributed by atoms with Crippen molar-refractivity contribution in [3.8, 4) is 28.4 Å². The largest absolute Gasteiger partial charge is 0.508 e. The molecular weight excluding hydrogens is 412 g/mol. The lowest BCUT2D eigenvalue weighted by molar-refractivity contribution is 0.284. The maximum Gasteiger partial charge on any atom is 0.266 e. The van der Waals surface area contributed by atoms with Crippen LogP contribution >= 0.6 is 11.3 Å². The minimum Gasteiger partial charge on any atom is -0.508 e. The van der Waals surface area contributed by atoms with Crippen LogP contribution in [0.2, 0.25) is 0 Å². The number of rotatable bonds is 6. The number of aromatic nitrogens is 2. The summed E-state index contributed by atoms with van der Waals surface area (Å²) in [5.41, 5.74) is 2.14. The zero-order valence-electron chi connectivity index (χ0n) is 16.6. The van der Waals surface area contributed by atoms with E-state index in [-0.39, 0.29) is 17.1 Å². The van der Waals surface area contributed by atoms with E-state index >= 15 is 0 Å². The molecule has 1 saturated carbocycles. The topological polar surface area (TPSA) is 84.1 Å². The van der Waals surface area contributed by atoms with Gasteiger partial charge < -0.3 is 14.9 Å². The van der Waals surface area contributed by atoms with Crippen LogP contribution in [0, 0.1) is 5.92 Å². The standard InChI is InChI=1S/C24H20N2O4S/c27-18-9-6-16(7-10-18)21-19(25-24-26(23(21)29)12-13-31-24)11-8-17-2-1-3-20(28)22(17)30-14-15-4-5-15/h1-3,6-13,15,27-28H,4-5,14H2/b11-8+. The van der Waals surface area contributed by atoms with E-state index in [1.165, 1.54) is 15.7 Å². The zero-order valence-corrected chi connectivity index (χ0v) is 17.4. The van der Waals surface area contributed by atoms with Crippen molar-refractivity contribution in [1.29, 1.82) is 0 Å². The van der Waals surface area contributed by atoms with Crippen LogP contribution in [0.15, 0.2) is 58.8 Å². The summed E-state index contributed by atoms with van der Waals surface area (Å²) < 4.78 is 7.39. The van der Waals surface area contributed by atoms with E-state index in [2.05, 4.69) is 4.98 Å². The molecule has 0 unspecified atom stereocenters. The fraction of sp³-hybridized carbons (Fsp3) is 0.167. The highest BCUT2D eigenvalue weighted by Crippen LogP contribution is 2.35. The van der Waals surface area contributed by atoms with Crippen LogP contribution in [0.1, 0.15) is 24.1 Å². The number of para-hydroxylation sites is 1. The molecule has 0 saturated heterocycles. The quantitative estimate of drug-likeness (QED) is 0.458. The Hall–Kier alpha value is -3.58. The molecule has 31 heavy (non-hydrogen) atoms.